The van der Waals surface area contributed by atoms with Crippen molar-refractivity contribution >= 4 is 11.6 Å². The highest BCUT2D eigenvalue weighted by Crippen LogP contribution is 2.50. The van der Waals surface area contributed by atoms with Crippen molar-refractivity contribution in [1.82, 2.24) is 0 Å². The lowest BCUT2D eigenvalue weighted by atomic mass is 9.81. The van der Waals surface area contributed by atoms with Crippen molar-refractivity contribution in [1.29, 1.82) is 0 Å². The monoisotopic (exact) mass is 244 g/mol. The molecule has 0 saturated heterocycles. The van der Waals surface area contributed by atoms with Crippen molar-refractivity contribution in [2.24, 2.45) is 5.73 Å². The zero-order valence-electron chi connectivity index (χ0n) is 10.7. The van der Waals surface area contributed by atoms with Crippen LogP contribution in [0.5, 0.6) is 0 Å². The molecule has 1 aromatic rings. The van der Waals surface area contributed by atoms with Gasteiger partial charge in [-0.2, -0.15) is 0 Å². The van der Waals surface area contributed by atoms with E-state index in [1.165, 1.54) is 31.2 Å². The molecule has 0 bridgehead atoms. The van der Waals surface area contributed by atoms with E-state index >= 15 is 0 Å². The summed E-state index contributed by atoms with van der Waals surface area (Å²) >= 11 is 0. The summed E-state index contributed by atoms with van der Waals surface area (Å²) in [4.78, 5) is 14.2. The summed E-state index contributed by atoms with van der Waals surface area (Å²) in [7, 11) is 0. The van der Waals surface area contributed by atoms with Gasteiger partial charge in [0.2, 0.25) is 5.91 Å². The molecular formula is C15H20N2O. The summed E-state index contributed by atoms with van der Waals surface area (Å²) in [5, 5.41) is 0. The number of benzene rings is 1. The molecule has 1 fully saturated rings. The van der Waals surface area contributed by atoms with Gasteiger partial charge in [-0.3, -0.25) is 4.79 Å². The molecule has 0 atom stereocenters. The quantitative estimate of drug-likeness (QED) is 0.867. The molecule has 3 heteroatoms. The standard InChI is InChI=1S/C15H20N2O/c16-10-7-14(18)17-11-15(8-3-4-9-15)12-5-1-2-6-13(12)17/h1-2,5-6H,3-4,7-11,16H2. The van der Waals surface area contributed by atoms with Crippen LogP contribution < -0.4 is 10.6 Å². The van der Waals surface area contributed by atoms with Crippen LogP contribution in [-0.2, 0) is 10.2 Å². The molecule has 1 aromatic carbocycles. The van der Waals surface area contributed by atoms with E-state index in [1.807, 2.05) is 11.0 Å². The number of amides is 1. The number of para-hydroxylation sites is 1. The Kier molecular flexibility index (Phi) is 2.86. The molecule has 3 nitrogen and oxygen atoms in total. The number of hydrogen-bond acceptors (Lipinski definition) is 2. The first-order valence-corrected chi connectivity index (χ1v) is 6.87. The number of hydrogen-bond donors (Lipinski definition) is 1. The van der Waals surface area contributed by atoms with E-state index in [0.29, 0.717) is 13.0 Å². The molecule has 1 aliphatic carbocycles. The minimum atomic E-state index is 0.175. The highest BCUT2D eigenvalue weighted by molar-refractivity contribution is 5.96. The smallest absolute Gasteiger partial charge is 0.228 e. The Labute approximate surface area is 108 Å². The van der Waals surface area contributed by atoms with Crippen molar-refractivity contribution in [2.45, 2.75) is 37.5 Å². The first kappa shape index (κ1) is 11.7. The number of nitrogens with two attached hydrogens (primary N) is 1. The van der Waals surface area contributed by atoms with Gasteiger partial charge in [0, 0.05) is 30.6 Å². The Balaban J connectivity index is 1.99. The molecule has 1 heterocycles. The van der Waals surface area contributed by atoms with Crippen LogP contribution in [0, 0.1) is 0 Å². The number of anilines is 1. The van der Waals surface area contributed by atoms with Crippen molar-refractivity contribution in [2.75, 3.05) is 18.0 Å². The molecule has 1 aliphatic heterocycles. The minimum absolute atomic E-state index is 0.175. The van der Waals surface area contributed by atoms with E-state index in [1.54, 1.807) is 0 Å². The zero-order chi connectivity index (χ0) is 12.6. The second kappa shape index (κ2) is 4.39. The van der Waals surface area contributed by atoms with Crippen LogP contribution in [0.25, 0.3) is 0 Å². The predicted molar refractivity (Wildman–Crippen MR) is 72.6 cm³/mol. The molecule has 0 aromatic heterocycles. The lowest BCUT2D eigenvalue weighted by Crippen LogP contribution is -2.36. The van der Waals surface area contributed by atoms with E-state index in [0.717, 1.165) is 12.2 Å². The van der Waals surface area contributed by atoms with Crippen LogP contribution >= 0.6 is 0 Å². The van der Waals surface area contributed by atoms with E-state index in [-0.39, 0.29) is 11.3 Å². The first-order valence-electron chi connectivity index (χ1n) is 6.87. The van der Waals surface area contributed by atoms with Gasteiger partial charge >= 0.3 is 0 Å². The summed E-state index contributed by atoms with van der Waals surface area (Å²) < 4.78 is 0. The fraction of sp³-hybridized carbons (Fsp3) is 0.533. The Bertz CT molecular complexity index is 463. The van der Waals surface area contributed by atoms with Crippen LogP contribution in [-0.4, -0.2) is 19.0 Å². The number of carbonyl (C=O) groups is 1. The third-order valence-corrected chi connectivity index (χ3v) is 4.45. The van der Waals surface area contributed by atoms with Crippen molar-refractivity contribution < 1.29 is 4.79 Å². The summed E-state index contributed by atoms with van der Waals surface area (Å²) in [6.07, 6.45) is 5.46. The normalized spacial score (nSPS) is 20.4. The summed E-state index contributed by atoms with van der Waals surface area (Å²) in [6.45, 7) is 1.30. The van der Waals surface area contributed by atoms with Crippen LogP contribution in [0.3, 0.4) is 0 Å². The van der Waals surface area contributed by atoms with Gasteiger partial charge < -0.3 is 10.6 Å². The van der Waals surface area contributed by atoms with Crippen molar-refractivity contribution in [3.05, 3.63) is 29.8 Å². The number of nitrogens with zero attached hydrogens (tertiary/aromatic N) is 1. The Morgan fingerprint density at radius 2 is 2.00 bits per heavy atom. The average molecular weight is 244 g/mol. The third kappa shape index (κ3) is 1.65. The minimum Gasteiger partial charge on any atom is -0.330 e. The number of fused-ring (bicyclic) bond motifs is 2. The molecule has 2 N–H and O–H groups in total. The van der Waals surface area contributed by atoms with E-state index in [9.17, 15) is 4.79 Å². The lowest BCUT2D eigenvalue weighted by Gasteiger charge is -2.24. The second-order valence-electron chi connectivity index (χ2n) is 5.52. The molecule has 2 aliphatic rings. The van der Waals surface area contributed by atoms with Crippen LogP contribution in [0.1, 0.15) is 37.7 Å². The number of carbonyl (C=O) groups excluding carboxylic acids is 1. The highest BCUT2D eigenvalue weighted by atomic mass is 16.2. The van der Waals surface area contributed by atoms with E-state index in [4.69, 9.17) is 5.73 Å². The van der Waals surface area contributed by atoms with Crippen LogP contribution in [0.15, 0.2) is 24.3 Å². The molecule has 96 valence electrons. The topological polar surface area (TPSA) is 46.3 Å². The van der Waals surface area contributed by atoms with Gasteiger partial charge in [0.05, 0.1) is 0 Å². The van der Waals surface area contributed by atoms with Gasteiger partial charge in [-0.15, -0.1) is 0 Å². The molecule has 1 spiro atoms. The van der Waals surface area contributed by atoms with Gasteiger partial charge in [-0.05, 0) is 24.5 Å². The van der Waals surface area contributed by atoms with Crippen molar-refractivity contribution in [3.63, 3.8) is 0 Å². The largest absolute Gasteiger partial charge is 0.330 e. The van der Waals surface area contributed by atoms with Gasteiger partial charge in [0.25, 0.3) is 0 Å². The molecule has 18 heavy (non-hydrogen) atoms. The third-order valence-electron chi connectivity index (χ3n) is 4.45. The van der Waals surface area contributed by atoms with Gasteiger partial charge in [-0.25, -0.2) is 0 Å². The fourth-order valence-corrected chi connectivity index (χ4v) is 3.59. The first-order chi connectivity index (χ1) is 8.77. The fourth-order valence-electron chi connectivity index (χ4n) is 3.59. The second-order valence-corrected chi connectivity index (χ2v) is 5.52. The molecule has 1 saturated carbocycles. The maximum atomic E-state index is 12.2. The van der Waals surface area contributed by atoms with Crippen LogP contribution in [0.4, 0.5) is 5.69 Å². The summed E-state index contributed by atoms with van der Waals surface area (Å²) in [6, 6.07) is 8.40. The number of rotatable bonds is 2. The molecule has 1 amide bonds. The zero-order valence-corrected chi connectivity index (χ0v) is 10.7. The van der Waals surface area contributed by atoms with E-state index in [2.05, 4.69) is 18.2 Å². The lowest BCUT2D eigenvalue weighted by molar-refractivity contribution is -0.118. The molecule has 0 radical (unpaired) electrons. The average Bonchev–Trinajstić information content (AvgIpc) is 2.98. The summed E-state index contributed by atoms with van der Waals surface area (Å²) in [5.41, 5.74) is 8.26. The Hall–Kier alpha value is -1.35. The van der Waals surface area contributed by atoms with Gasteiger partial charge in [-0.1, -0.05) is 31.0 Å². The summed E-state index contributed by atoms with van der Waals surface area (Å²) in [5.74, 6) is 0.175. The van der Waals surface area contributed by atoms with Gasteiger partial charge in [0.1, 0.15) is 0 Å². The van der Waals surface area contributed by atoms with Crippen LogP contribution in [0.2, 0.25) is 0 Å². The molecule has 3 rings (SSSR count). The molecular weight excluding hydrogens is 224 g/mol. The predicted octanol–water partition coefficient (Wildman–Crippen LogP) is 2.19. The SMILES string of the molecule is NCCC(=O)N1CC2(CCCC2)c2ccccc21. The maximum absolute atomic E-state index is 12.2. The highest BCUT2D eigenvalue weighted by Gasteiger charge is 2.45. The Morgan fingerprint density at radius 3 is 2.72 bits per heavy atom. The van der Waals surface area contributed by atoms with E-state index < -0.39 is 0 Å². The van der Waals surface area contributed by atoms with Crippen molar-refractivity contribution in [3.8, 4) is 0 Å². The van der Waals surface area contributed by atoms with Gasteiger partial charge in [0.15, 0.2) is 0 Å². The molecule has 0 unspecified atom stereocenters. The maximum Gasteiger partial charge on any atom is 0.228 e. The Morgan fingerprint density at radius 1 is 1.28 bits per heavy atom.